The lowest BCUT2D eigenvalue weighted by molar-refractivity contribution is -0.114. The Morgan fingerprint density at radius 2 is 2.21 bits per heavy atom. The third-order valence-electron chi connectivity index (χ3n) is 2.83. The van der Waals surface area contributed by atoms with Crippen LogP contribution >= 0.6 is 0 Å². The van der Waals surface area contributed by atoms with E-state index in [0.717, 1.165) is 16.5 Å². The monoisotopic (exact) mass is 251 g/mol. The molecule has 0 unspecified atom stereocenters. The van der Waals surface area contributed by atoms with Gasteiger partial charge in [-0.05, 0) is 12.1 Å². The van der Waals surface area contributed by atoms with E-state index >= 15 is 0 Å². The molecule has 0 fully saturated rings. The molecule has 0 aliphatic rings. The highest BCUT2D eigenvalue weighted by molar-refractivity contribution is 6.03. The molecule has 0 atom stereocenters. The van der Waals surface area contributed by atoms with Crippen molar-refractivity contribution in [3.63, 3.8) is 0 Å². The number of fused-ring (bicyclic) bond motifs is 1. The molecule has 1 heterocycles. The van der Waals surface area contributed by atoms with Gasteiger partial charge in [-0.1, -0.05) is 24.3 Å². The van der Waals surface area contributed by atoms with Crippen LogP contribution in [-0.2, 0) is 11.3 Å². The van der Waals surface area contributed by atoms with Gasteiger partial charge in [0.25, 0.3) is 5.91 Å². The number of rotatable bonds is 4. The summed E-state index contributed by atoms with van der Waals surface area (Å²) in [6.45, 7) is 4.37. The van der Waals surface area contributed by atoms with E-state index in [1.165, 1.54) is 6.08 Å². The number of carbonyl (C=O) groups is 1. The van der Waals surface area contributed by atoms with Crippen LogP contribution in [0, 0.1) is 11.3 Å². The van der Waals surface area contributed by atoms with Crippen LogP contribution in [0.15, 0.2) is 48.7 Å². The Morgan fingerprint density at radius 3 is 2.84 bits per heavy atom. The number of nitrogens with zero attached hydrogens (tertiary/aromatic N) is 2. The second-order valence-electron chi connectivity index (χ2n) is 4.08. The van der Waals surface area contributed by atoms with Crippen molar-refractivity contribution in [2.24, 2.45) is 5.73 Å². The zero-order valence-electron chi connectivity index (χ0n) is 10.3. The van der Waals surface area contributed by atoms with Crippen molar-refractivity contribution in [3.05, 3.63) is 54.3 Å². The highest BCUT2D eigenvalue weighted by Crippen LogP contribution is 2.23. The number of amides is 1. The fourth-order valence-corrected chi connectivity index (χ4v) is 1.99. The predicted octanol–water partition coefficient (Wildman–Crippen LogP) is 2.22. The maximum atomic E-state index is 11.1. The largest absolute Gasteiger partial charge is 0.365 e. The van der Waals surface area contributed by atoms with Gasteiger partial charge in [-0.25, -0.2) is 0 Å². The molecule has 1 amide bonds. The van der Waals surface area contributed by atoms with E-state index in [0.29, 0.717) is 6.54 Å². The van der Waals surface area contributed by atoms with Crippen molar-refractivity contribution in [3.8, 4) is 6.07 Å². The molecule has 94 valence electrons. The standard InChI is InChI=1S/C15H13N3O/c1-2-7-18-10-12(8-11(9-16)15(17)19)13-5-3-4-6-14(13)18/h2-6,8,10H,1,7H2,(H2,17,19). The molecule has 19 heavy (non-hydrogen) atoms. The van der Waals surface area contributed by atoms with Crippen LogP contribution < -0.4 is 5.73 Å². The van der Waals surface area contributed by atoms with Crippen molar-refractivity contribution in [2.45, 2.75) is 6.54 Å². The number of aromatic nitrogens is 1. The number of allylic oxidation sites excluding steroid dienone is 1. The van der Waals surface area contributed by atoms with Crippen LogP contribution in [0.4, 0.5) is 0 Å². The smallest absolute Gasteiger partial charge is 0.259 e. The maximum absolute atomic E-state index is 11.1. The SMILES string of the molecule is C=CCn1cc(C=C(C#N)C(N)=O)c2ccccc21. The van der Waals surface area contributed by atoms with Gasteiger partial charge in [0, 0.05) is 29.2 Å². The highest BCUT2D eigenvalue weighted by Gasteiger charge is 2.09. The Hall–Kier alpha value is -2.80. The van der Waals surface area contributed by atoms with Crippen LogP contribution in [-0.4, -0.2) is 10.5 Å². The van der Waals surface area contributed by atoms with Gasteiger partial charge in [-0.3, -0.25) is 4.79 Å². The van der Waals surface area contributed by atoms with E-state index in [9.17, 15) is 4.79 Å². The lowest BCUT2D eigenvalue weighted by Gasteiger charge is -1.98. The summed E-state index contributed by atoms with van der Waals surface area (Å²) in [6.07, 6.45) is 5.19. The lowest BCUT2D eigenvalue weighted by atomic mass is 10.1. The first-order chi connectivity index (χ1) is 9.17. The number of carbonyl (C=O) groups excluding carboxylic acids is 1. The summed E-state index contributed by atoms with van der Waals surface area (Å²) in [6, 6.07) is 9.58. The van der Waals surface area contributed by atoms with Gasteiger partial charge < -0.3 is 10.3 Å². The summed E-state index contributed by atoms with van der Waals surface area (Å²) in [7, 11) is 0. The number of nitrogens with two attached hydrogens (primary N) is 1. The Labute approximate surface area is 111 Å². The third kappa shape index (κ3) is 2.40. The molecule has 0 saturated heterocycles. The Bertz CT molecular complexity index is 717. The van der Waals surface area contributed by atoms with Gasteiger partial charge in [-0.2, -0.15) is 5.26 Å². The Balaban J connectivity index is 2.65. The second-order valence-corrected chi connectivity index (χ2v) is 4.08. The van der Waals surface area contributed by atoms with E-state index < -0.39 is 5.91 Å². The molecule has 2 N–H and O–H groups in total. The quantitative estimate of drug-likeness (QED) is 0.514. The predicted molar refractivity (Wildman–Crippen MR) is 74.9 cm³/mol. The molecular weight excluding hydrogens is 238 g/mol. The summed E-state index contributed by atoms with van der Waals surface area (Å²) in [5.74, 6) is -0.719. The lowest BCUT2D eigenvalue weighted by Crippen LogP contribution is -2.12. The molecule has 4 heteroatoms. The zero-order chi connectivity index (χ0) is 13.8. The number of primary amides is 1. The molecule has 0 radical (unpaired) electrons. The summed E-state index contributed by atoms with van der Waals surface area (Å²) < 4.78 is 2.00. The van der Waals surface area contributed by atoms with Crippen molar-refractivity contribution in [2.75, 3.05) is 0 Å². The van der Waals surface area contributed by atoms with Crippen molar-refractivity contribution < 1.29 is 4.79 Å². The van der Waals surface area contributed by atoms with Crippen molar-refractivity contribution >= 4 is 22.9 Å². The van der Waals surface area contributed by atoms with E-state index in [1.807, 2.05) is 41.1 Å². The first-order valence-electron chi connectivity index (χ1n) is 5.77. The van der Waals surface area contributed by atoms with Gasteiger partial charge in [-0.15, -0.1) is 6.58 Å². The summed E-state index contributed by atoms with van der Waals surface area (Å²) in [4.78, 5) is 11.1. The topological polar surface area (TPSA) is 71.8 Å². The molecule has 2 rings (SSSR count). The van der Waals surface area contributed by atoms with Crippen molar-refractivity contribution in [1.29, 1.82) is 5.26 Å². The van der Waals surface area contributed by atoms with Crippen molar-refractivity contribution in [1.82, 2.24) is 4.57 Å². The van der Waals surface area contributed by atoms with Crippen LogP contribution in [0.5, 0.6) is 0 Å². The Morgan fingerprint density at radius 1 is 1.47 bits per heavy atom. The number of hydrogen-bond acceptors (Lipinski definition) is 2. The van der Waals surface area contributed by atoms with E-state index in [-0.39, 0.29) is 5.57 Å². The molecule has 4 nitrogen and oxygen atoms in total. The normalized spacial score (nSPS) is 11.2. The molecular formula is C15H13N3O. The minimum Gasteiger partial charge on any atom is -0.365 e. The molecule has 1 aromatic heterocycles. The van der Waals surface area contributed by atoms with Gasteiger partial charge >= 0.3 is 0 Å². The molecule has 1 aromatic carbocycles. The van der Waals surface area contributed by atoms with E-state index in [4.69, 9.17) is 11.0 Å². The molecule has 0 spiro atoms. The minimum absolute atomic E-state index is 0.0542. The average Bonchev–Trinajstić information content (AvgIpc) is 2.75. The fourth-order valence-electron chi connectivity index (χ4n) is 1.99. The zero-order valence-corrected chi connectivity index (χ0v) is 10.3. The molecule has 2 aromatic rings. The molecule has 0 saturated carbocycles. The summed E-state index contributed by atoms with van der Waals surface area (Å²) >= 11 is 0. The Kier molecular flexibility index (Phi) is 3.48. The van der Waals surface area contributed by atoms with E-state index in [1.54, 1.807) is 6.08 Å². The number of para-hydroxylation sites is 1. The van der Waals surface area contributed by atoms with Gasteiger partial charge in [0.1, 0.15) is 11.6 Å². The molecule has 0 bridgehead atoms. The van der Waals surface area contributed by atoms with Crippen LogP contribution in [0.2, 0.25) is 0 Å². The summed E-state index contributed by atoms with van der Waals surface area (Å²) in [5.41, 5.74) is 6.92. The molecule has 0 aliphatic heterocycles. The van der Waals surface area contributed by atoms with Gasteiger partial charge in [0.15, 0.2) is 0 Å². The van der Waals surface area contributed by atoms with Crippen LogP contribution in [0.3, 0.4) is 0 Å². The third-order valence-corrected chi connectivity index (χ3v) is 2.83. The average molecular weight is 251 g/mol. The number of nitriles is 1. The number of benzene rings is 1. The number of hydrogen-bond donors (Lipinski definition) is 1. The highest BCUT2D eigenvalue weighted by atomic mass is 16.1. The van der Waals surface area contributed by atoms with Crippen LogP contribution in [0.25, 0.3) is 17.0 Å². The van der Waals surface area contributed by atoms with Gasteiger partial charge in [0.05, 0.1) is 0 Å². The second kappa shape index (κ2) is 5.23. The van der Waals surface area contributed by atoms with Gasteiger partial charge in [0.2, 0.25) is 0 Å². The first kappa shape index (κ1) is 12.7. The van der Waals surface area contributed by atoms with Crippen LogP contribution in [0.1, 0.15) is 5.56 Å². The first-order valence-corrected chi connectivity index (χ1v) is 5.77. The fraction of sp³-hybridized carbons (Fsp3) is 0.0667. The maximum Gasteiger partial charge on any atom is 0.259 e. The minimum atomic E-state index is -0.719. The van der Waals surface area contributed by atoms with E-state index in [2.05, 4.69) is 6.58 Å². The molecule has 0 aliphatic carbocycles. The summed E-state index contributed by atoms with van der Waals surface area (Å²) in [5, 5.41) is 9.87.